The van der Waals surface area contributed by atoms with Crippen LogP contribution in [0.25, 0.3) is 4.91 Å². The van der Waals surface area contributed by atoms with E-state index in [-0.39, 0.29) is 23.2 Å². The molecular weight excluding hydrogens is 410 g/mol. The van der Waals surface area contributed by atoms with Gasteiger partial charge in [-0.15, -0.1) is 0 Å². The molecule has 1 aliphatic heterocycles. The Morgan fingerprint density at radius 1 is 1.07 bits per heavy atom. The summed E-state index contributed by atoms with van der Waals surface area (Å²) in [5, 5.41) is 3.32. The summed E-state index contributed by atoms with van der Waals surface area (Å²) < 4.78 is 27.4. The lowest BCUT2D eigenvalue weighted by molar-refractivity contribution is -0.119. The van der Waals surface area contributed by atoms with Gasteiger partial charge in [-0.2, -0.15) is 0 Å². The van der Waals surface area contributed by atoms with Crippen molar-refractivity contribution in [2.24, 2.45) is 4.99 Å². The van der Waals surface area contributed by atoms with Gasteiger partial charge in [0.05, 0.1) is 0 Å². The fourth-order valence-corrected chi connectivity index (χ4v) is 4.64. The topological polar surface area (TPSA) is 87.6 Å². The second kappa shape index (κ2) is 8.80. The third-order valence-corrected chi connectivity index (χ3v) is 6.33. The van der Waals surface area contributed by atoms with Gasteiger partial charge in [-0.05, 0) is 43.5 Å². The zero-order valence-corrected chi connectivity index (χ0v) is 17.8. The van der Waals surface area contributed by atoms with Crippen LogP contribution in [0, 0.1) is 6.92 Å². The molecule has 2 aromatic carbocycles. The maximum Gasteiger partial charge on any atom is 0.264 e. The standard InChI is InChI=1S/C21H22ClN3O3S/c1-14-3-5-16(6-4-14)11-12-23-19(26)13-24-21-15(2)20(29(27,28)25-21)17-7-9-18(22)10-8-17/h3-10H,11-13H2,1-2H3,(H,23,26)(H,24,25). The van der Waals surface area contributed by atoms with E-state index < -0.39 is 10.0 Å². The number of rotatable bonds is 6. The molecular formula is C21H22ClN3O3S. The number of amides is 1. The van der Waals surface area contributed by atoms with Crippen LogP contribution in [-0.4, -0.2) is 33.3 Å². The molecule has 2 N–H and O–H groups in total. The molecule has 0 radical (unpaired) electrons. The highest BCUT2D eigenvalue weighted by atomic mass is 35.5. The summed E-state index contributed by atoms with van der Waals surface area (Å²) in [6, 6.07) is 14.7. The molecule has 1 heterocycles. The van der Waals surface area contributed by atoms with Crippen LogP contribution >= 0.6 is 11.6 Å². The minimum atomic E-state index is -3.73. The van der Waals surface area contributed by atoms with Crippen molar-refractivity contribution in [2.45, 2.75) is 20.3 Å². The molecule has 0 aromatic heterocycles. The van der Waals surface area contributed by atoms with Crippen LogP contribution < -0.4 is 10.0 Å². The van der Waals surface area contributed by atoms with Crippen molar-refractivity contribution >= 4 is 38.3 Å². The smallest absolute Gasteiger partial charge is 0.264 e. The summed E-state index contributed by atoms with van der Waals surface area (Å²) in [6.07, 6.45) is 0.717. The number of carbonyl (C=O) groups excluding carboxylic acids is 1. The third kappa shape index (κ3) is 5.25. The Balaban J connectivity index is 1.63. The first-order valence-electron chi connectivity index (χ1n) is 9.13. The molecule has 0 atom stereocenters. The normalized spacial score (nSPS) is 16.7. The molecule has 3 rings (SSSR count). The van der Waals surface area contributed by atoms with E-state index in [0.717, 1.165) is 12.0 Å². The molecule has 1 aliphatic rings. The molecule has 6 nitrogen and oxygen atoms in total. The summed E-state index contributed by atoms with van der Waals surface area (Å²) in [6.45, 7) is 4.02. The van der Waals surface area contributed by atoms with Gasteiger partial charge in [0.1, 0.15) is 17.3 Å². The van der Waals surface area contributed by atoms with Crippen LogP contribution in [0.15, 0.2) is 59.1 Å². The van der Waals surface area contributed by atoms with E-state index in [9.17, 15) is 13.2 Å². The van der Waals surface area contributed by atoms with Crippen molar-refractivity contribution < 1.29 is 13.2 Å². The lowest BCUT2D eigenvalue weighted by atomic mass is 10.1. The number of nitrogens with one attached hydrogen (secondary N) is 2. The average molecular weight is 432 g/mol. The minimum absolute atomic E-state index is 0.146. The summed E-state index contributed by atoms with van der Waals surface area (Å²) >= 11 is 5.88. The maximum atomic E-state index is 12.5. The van der Waals surface area contributed by atoms with Crippen LogP contribution in [0.4, 0.5) is 0 Å². The van der Waals surface area contributed by atoms with Crippen molar-refractivity contribution in [1.82, 2.24) is 10.0 Å². The first-order chi connectivity index (χ1) is 13.8. The van der Waals surface area contributed by atoms with Crippen LogP contribution in [0.1, 0.15) is 23.6 Å². The molecule has 8 heteroatoms. The SMILES string of the molecule is CC1=C(c2ccc(Cl)cc2)S(=O)(=O)NC1=NCC(=O)NCCc1ccc(C)cc1. The van der Waals surface area contributed by atoms with Gasteiger partial charge in [0, 0.05) is 17.1 Å². The van der Waals surface area contributed by atoms with E-state index in [1.54, 1.807) is 31.2 Å². The Bertz CT molecular complexity index is 1070. The number of hydrogen-bond acceptors (Lipinski definition) is 4. The highest BCUT2D eigenvalue weighted by Crippen LogP contribution is 2.30. The molecule has 0 saturated heterocycles. The van der Waals surface area contributed by atoms with E-state index in [2.05, 4.69) is 15.0 Å². The van der Waals surface area contributed by atoms with E-state index in [4.69, 9.17) is 11.6 Å². The number of aryl methyl sites for hydroxylation is 1. The van der Waals surface area contributed by atoms with Crippen molar-refractivity contribution in [1.29, 1.82) is 0 Å². The Morgan fingerprint density at radius 2 is 1.72 bits per heavy atom. The van der Waals surface area contributed by atoms with Gasteiger partial charge in [0.15, 0.2) is 0 Å². The second-order valence-electron chi connectivity index (χ2n) is 6.82. The Morgan fingerprint density at radius 3 is 2.38 bits per heavy atom. The Hall–Kier alpha value is -2.64. The molecule has 29 heavy (non-hydrogen) atoms. The molecule has 0 spiro atoms. The first-order valence-corrected chi connectivity index (χ1v) is 11.0. The Kier molecular flexibility index (Phi) is 6.39. The average Bonchev–Trinajstić information content (AvgIpc) is 2.91. The predicted molar refractivity (Wildman–Crippen MR) is 116 cm³/mol. The van der Waals surface area contributed by atoms with Gasteiger partial charge >= 0.3 is 0 Å². The van der Waals surface area contributed by atoms with Gasteiger partial charge in [-0.25, -0.2) is 8.42 Å². The lowest BCUT2D eigenvalue weighted by Gasteiger charge is -2.05. The van der Waals surface area contributed by atoms with Crippen LogP contribution in [-0.2, 0) is 21.2 Å². The quantitative estimate of drug-likeness (QED) is 0.736. The number of halogens is 1. The molecule has 1 amide bonds. The molecule has 0 aliphatic carbocycles. The van der Waals surface area contributed by atoms with Crippen molar-refractivity contribution in [3.8, 4) is 0 Å². The number of benzene rings is 2. The second-order valence-corrected chi connectivity index (χ2v) is 8.87. The number of amidine groups is 1. The van der Waals surface area contributed by atoms with Crippen molar-refractivity contribution in [3.05, 3.63) is 75.8 Å². The van der Waals surface area contributed by atoms with Gasteiger partial charge in [0.2, 0.25) is 5.91 Å². The van der Waals surface area contributed by atoms with Gasteiger partial charge in [0.25, 0.3) is 10.0 Å². The van der Waals surface area contributed by atoms with Gasteiger partial charge in [-0.3, -0.25) is 14.5 Å². The van der Waals surface area contributed by atoms with Gasteiger partial charge < -0.3 is 5.32 Å². The minimum Gasteiger partial charge on any atom is -0.354 e. The third-order valence-electron chi connectivity index (χ3n) is 4.54. The number of carbonyl (C=O) groups is 1. The highest BCUT2D eigenvalue weighted by molar-refractivity contribution is 8.00. The maximum absolute atomic E-state index is 12.5. The molecule has 0 unspecified atom stereocenters. The van der Waals surface area contributed by atoms with Crippen LogP contribution in [0.2, 0.25) is 5.02 Å². The molecule has 0 bridgehead atoms. The fourth-order valence-electron chi connectivity index (χ4n) is 3.00. The van der Waals surface area contributed by atoms with E-state index in [1.807, 2.05) is 31.2 Å². The first kappa shape index (κ1) is 21.1. The fraction of sp³-hybridized carbons (Fsp3) is 0.238. The highest BCUT2D eigenvalue weighted by Gasteiger charge is 2.32. The zero-order chi connectivity index (χ0) is 21.0. The number of hydrogen-bond donors (Lipinski definition) is 2. The lowest BCUT2D eigenvalue weighted by Crippen LogP contribution is -2.30. The Labute approximate surface area is 175 Å². The van der Waals surface area contributed by atoms with Crippen LogP contribution in [0.5, 0.6) is 0 Å². The predicted octanol–water partition coefficient (Wildman–Crippen LogP) is 3.07. The van der Waals surface area contributed by atoms with Crippen LogP contribution in [0.3, 0.4) is 0 Å². The van der Waals surface area contributed by atoms with E-state index >= 15 is 0 Å². The monoisotopic (exact) mass is 431 g/mol. The summed E-state index contributed by atoms with van der Waals surface area (Å²) in [4.78, 5) is 16.4. The molecule has 152 valence electrons. The van der Waals surface area contributed by atoms with E-state index in [1.165, 1.54) is 5.56 Å². The van der Waals surface area contributed by atoms with Crippen molar-refractivity contribution in [3.63, 3.8) is 0 Å². The summed E-state index contributed by atoms with van der Waals surface area (Å²) in [5.41, 5.74) is 3.32. The molecule has 2 aromatic rings. The summed E-state index contributed by atoms with van der Waals surface area (Å²) in [7, 11) is -3.73. The zero-order valence-electron chi connectivity index (χ0n) is 16.2. The van der Waals surface area contributed by atoms with Crippen molar-refractivity contribution in [2.75, 3.05) is 13.1 Å². The van der Waals surface area contributed by atoms with Gasteiger partial charge in [-0.1, -0.05) is 53.6 Å². The molecule has 0 fully saturated rings. The number of aliphatic imine (C=N–C) groups is 1. The number of sulfonamides is 1. The summed E-state index contributed by atoms with van der Waals surface area (Å²) in [5.74, 6) is -0.0832. The van der Waals surface area contributed by atoms with E-state index in [0.29, 0.717) is 22.7 Å². The number of nitrogens with zero attached hydrogens (tertiary/aromatic N) is 1. The largest absolute Gasteiger partial charge is 0.354 e. The molecule has 0 saturated carbocycles.